The fourth-order valence-electron chi connectivity index (χ4n) is 2.16. The molecule has 0 N–H and O–H groups in total. The van der Waals surface area contributed by atoms with Crippen molar-refractivity contribution in [3.8, 4) is 5.75 Å². The highest BCUT2D eigenvalue weighted by Crippen LogP contribution is 2.39. The van der Waals surface area contributed by atoms with Gasteiger partial charge >= 0.3 is 0 Å². The molecule has 0 aliphatic heterocycles. The molecular formula is C16H18O2S2. The van der Waals surface area contributed by atoms with E-state index in [-0.39, 0.29) is 5.12 Å². The highest BCUT2D eigenvalue weighted by Gasteiger charge is 2.33. The van der Waals surface area contributed by atoms with Crippen molar-refractivity contribution in [3.63, 3.8) is 0 Å². The maximum absolute atomic E-state index is 12.2. The van der Waals surface area contributed by atoms with Gasteiger partial charge in [0.05, 0.1) is 7.11 Å². The van der Waals surface area contributed by atoms with Crippen LogP contribution in [0.2, 0.25) is 0 Å². The van der Waals surface area contributed by atoms with Gasteiger partial charge in [-0.3, -0.25) is 4.79 Å². The maximum Gasteiger partial charge on any atom is 0.208 e. The number of rotatable bonds is 4. The van der Waals surface area contributed by atoms with Crippen LogP contribution in [0.1, 0.15) is 12.5 Å². The average molecular weight is 306 g/mol. The molecule has 0 aromatic heterocycles. The van der Waals surface area contributed by atoms with Crippen LogP contribution in [0.15, 0.2) is 36.4 Å². The van der Waals surface area contributed by atoms with Crippen molar-refractivity contribution in [1.29, 1.82) is 0 Å². The molecule has 0 amide bonds. The van der Waals surface area contributed by atoms with Crippen LogP contribution in [0, 0.1) is 0 Å². The highest BCUT2D eigenvalue weighted by atomic mass is 32.2. The summed E-state index contributed by atoms with van der Waals surface area (Å²) in [5.74, 6) is 0.845. The zero-order valence-electron chi connectivity index (χ0n) is 12.1. The summed E-state index contributed by atoms with van der Waals surface area (Å²) in [4.78, 5) is 12.2. The molecule has 2 aromatic carbocycles. The van der Waals surface area contributed by atoms with Gasteiger partial charge < -0.3 is 4.74 Å². The summed E-state index contributed by atoms with van der Waals surface area (Å²) >= 11 is 2.86. The Labute approximate surface area is 128 Å². The summed E-state index contributed by atoms with van der Waals surface area (Å²) in [6.45, 7) is 1.99. The second kappa shape index (κ2) is 6.10. The van der Waals surface area contributed by atoms with Crippen molar-refractivity contribution >= 4 is 39.4 Å². The highest BCUT2D eigenvalue weighted by molar-refractivity contribution is 8.15. The molecule has 0 radical (unpaired) electrons. The molecule has 2 aromatic rings. The van der Waals surface area contributed by atoms with Crippen LogP contribution in [0.5, 0.6) is 5.75 Å². The Morgan fingerprint density at radius 1 is 1.10 bits per heavy atom. The Hall–Kier alpha value is -1.13. The minimum atomic E-state index is -0.506. The first-order chi connectivity index (χ1) is 9.55. The number of carbonyl (C=O) groups is 1. The van der Waals surface area contributed by atoms with Crippen molar-refractivity contribution in [2.45, 2.75) is 11.7 Å². The first-order valence-electron chi connectivity index (χ1n) is 6.27. The van der Waals surface area contributed by atoms with E-state index in [4.69, 9.17) is 4.74 Å². The lowest BCUT2D eigenvalue weighted by Gasteiger charge is -2.25. The van der Waals surface area contributed by atoms with Gasteiger partial charge in [0, 0.05) is 0 Å². The molecule has 4 heteroatoms. The van der Waals surface area contributed by atoms with E-state index < -0.39 is 4.75 Å². The van der Waals surface area contributed by atoms with E-state index in [1.54, 1.807) is 18.9 Å². The fraction of sp³-hybridized carbons (Fsp3) is 0.312. The van der Waals surface area contributed by atoms with Gasteiger partial charge in [-0.1, -0.05) is 30.0 Å². The monoisotopic (exact) mass is 306 g/mol. The second-order valence-electron chi connectivity index (χ2n) is 4.66. The number of methoxy groups -OCH3 is 1. The largest absolute Gasteiger partial charge is 0.497 e. The smallest absolute Gasteiger partial charge is 0.208 e. The lowest BCUT2D eigenvalue weighted by Crippen LogP contribution is -2.26. The van der Waals surface area contributed by atoms with Gasteiger partial charge in [-0.2, -0.15) is 0 Å². The zero-order valence-corrected chi connectivity index (χ0v) is 13.7. The molecular weight excluding hydrogens is 288 g/mol. The summed E-state index contributed by atoms with van der Waals surface area (Å²) in [5.41, 5.74) is 1.04. The van der Waals surface area contributed by atoms with Crippen molar-refractivity contribution in [2.24, 2.45) is 0 Å². The standard InChI is InChI=1S/C16H18O2S2/c1-16(20-4,15(17)19-3)13-7-5-12-10-14(18-2)8-6-11(12)9-13/h5-10H,1-4H3/t16-/m1/s1. The van der Waals surface area contributed by atoms with Crippen LogP contribution in [0.3, 0.4) is 0 Å². The van der Waals surface area contributed by atoms with Crippen molar-refractivity contribution in [3.05, 3.63) is 42.0 Å². The van der Waals surface area contributed by atoms with E-state index in [1.165, 1.54) is 11.8 Å². The van der Waals surface area contributed by atoms with Gasteiger partial charge in [0.15, 0.2) is 0 Å². The van der Waals surface area contributed by atoms with E-state index in [2.05, 4.69) is 12.1 Å². The van der Waals surface area contributed by atoms with E-state index in [9.17, 15) is 4.79 Å². The van der Waals surface area contributed by atoms with Crippen LogP contribution >= 0.6 is 23.5 Å². The summed E-state index contributed by atoms with van der Waals surface area (Å²) in [6.07, 6.45) is 3.81. The summed E-state index contributed by atoms with van der Waals surface area (Å²) in [6, 6.07) is 12.2. The van der Waals surface area contributed by atoms with E-state index >= 15 is 0 Å². The number of hydrogen-bond acceptors (Lipinski definition) is 4. The Morgan fingerprint density at radius 3 is 2.35 bits per heavy atom. The summed E-state index contributed by atoms with van der Waals surface area (Å²) in [7, 11) is 1.66. The molecule has 1 atom stereocenters. The second-order valence-corrected chi connectivity index (χ2v) is 6.66. The fourth-order valence-corrected chi connectivity index (χ4v) is 3.70. The Kier molecular flexibility index (Phi) is 4.66. The normalized spacial score (nSPS) is 14.0. The SMILES string of the molecule is COc1ccc2cc([C@@](C)(SC)C(=O)SC)ccc2c1. The van der Waals surface area contributed by atoms with Gasteiger partial charge in [-0.25, -0.2) is 0 Å². The molecule has 0 aliphatic rings. The number of hydrogen-bond donors (Lipinski definition) is 0. The minimum absolute atomic E-state index is 0.179. The molecule has 0 fully saturated rings. The van der Waals surface area contributed by atoms with E-state index in [0.717, 1.165) is 22.1 Å². The van der Waals surface area contributed by atoms with Gasteiger partial charge in [-0.05, 0) is 54.0 Å². The number of benzene rings is 2. The average Bonchev–Trinajstić information content (AvgIpc) is 2.52. The molecule has 0 bridgehead atoms. The molecule has 106 valence electrons. The van der Waals surface area contributed by atoms with E-state index in [1.807, 2.05) is 43.7 Å². The predicted molar refractivity (Wildman–Crippen MR) is 89.9 cm³/mol. The predicted octanol–water partition coefficient (Wildman–Crippen LogP) is 4.32. The Balaban J connectivity index is 2.53. The topological polar surface area (TPSA) is 26.3 Å². The third-order valence-electron chi connectivity index (χ3n) is 3.58. The molecule has 0 heterocycles. The third-order valence-corrected chi connectivity index (χ3v) is 5.73. The Morgan fingerprint density at radius 2 is 1.75 bits per heavy atom. The zero-order chi connectivity index (χ0) is 14.8. The minimum Gasteiger partial charge on any atom is -0.497 e. The van der Waals surface area contributed by atoms with Gasteiger partial charge in [0.25, 0.3) is 0 Å². The molecule has 2 rings (SSSR count). The molecule has 0 saturated heterocycles. The Bertz CT molecular complexity index is 639. The molecule has 0 saturated carbocycles. The molecule has 20 heavy (non-hydrogen) atoms. The number of thioether (sulfide) groups is 2. The van der Waals surface area contributed by atoms with Gasteiger partial charge in [0.2, 0.25) is 5.12 Å². The summed E-state index contributed by atoms with van der Waals surface area (Å²) < 4.78 is 4.73. The quantitative estimate of drug-likeness (QED) is 0.840. The van der Waals surface area contributed by atoms with Crippen LogP contribution in [0.25, 0.3) is 10.8 Å². The van der Waals surface area contributed by atoms with Gasteiger partial charge in [0.1, 0.15) is 10.5 Å². The first-order valence-corrected chi connectivity index (χ1v) is 8.72. The number of ether oxygens (including phenoxy) is 1. The number of carbonyl (C=O) groups excluding carboxylic acids is 1. The molecule has 0 unspecified atom stereocenters. The maximum atomic E-state index is 12.2. The first kappa shape index (κ1) is 15.3. The van der Waals surface area contributed by atoms with Crippen LogP contribution in [-0.4, -0.2) is 24.7 Å². The molecule has 0 aliphatic carbocycles. The van der Waals surface area contributed by atoms with Gasteiger partial charge in [-0.15, -0.1) is 11.8 Å². The van der Waals surface area contributed by atoms with Crippen molar-refractivity contribution in [2.75, 3.05) is 19.6 Å². The number of fused-ring (bicyclic) bond motifs is 1. The van der Waals surface area contributed by atoms with E-state index in [0.29, 0.717) is 0 Å². The van der Waals surface area contributed by atoms with Crippen molar-refractivity contribution in [1.82, 2.24) is 0 Å². The van der Waals surface area contributed by atoms with Crippen LogP contribution < -0.4 is 4.74 Å². The molecule has 2 nitrogen and oxygen atoms in total. The summed E-state index contributed by atoms with van der Waals surface area (Å²) in [5, 5.41) is 2.42. The lowest BCUT2D eigenvalue weighted by molar-refractivity contribution is -0.112. The third kappa shape index (κ3) is 2.67. The lowest BCUT2D eigenvalue weighted by atomic mass is 9.98. The van der Waals surface area contributed by atoms with Crippen LogP contribution in [-0.2, 0) is 9.54 Å². The molecule has 0 spiro atoms. The van der Waals surface area contributed by atoms with Crippen molar-refractivity contribution < 1.29 is 9.53 Å². The van der Waals surface area contributed by atoms with Crippen LogP contribution in [0.4, 0.5) is 0 Å².